The number of para-hydroxylation sites is 1. The normalized spacial score (nSPS) is 15.5. The van der Waals surface area contributed by atoms with Gasteiger partial charge in [-0.15, -0.1) is 0 Å². The van der Waals surface area contributed by atoms with Crippen LogP contribution in [0.4, 0.5) is 0 Å². The first kappa shape index (κ1) is 90.3. The van der Waals surface area contributed by atoms with Gasteiger partial charge >= 0.3 is 0 Å². The summed E-state index contributed by atoms with van der Waals surface area (Å²) in [6, 6.07) is -7.69. The highest BCUT2D eigenvalue weighted by atomic mass is 16.3. The van der Waals surface area contributed by atoms with Gasteiger partial charge in [0.05, 0.1) is 6.10 Å². The number of nitrogens with one attached hydrogen (secondary N) is 10. The number of H-pyrrole nitrogens is 1. The van der Waals surface area contributed by atoms with E-state index < -0.39 is 138 Å². The fourth-order valence-electron chi connectivity index (χ4n) is 11.4. The minimum Gasteiger partial charge on any atom is -0.391 e. The smallest absolute Gasteiger partial charge is 0.243 e. The van der Waals surface area contributed by atoms with E-state index in [0.29, 0.717) is 31.2 Å². The van der Waals surface area contributed by atoms with Crippen molar-refractivity contribution < 1.29 is 57.8 Å². The number of rotatable bonds is 51. The lowest BCUT2D eigenvalue weighted by atomic mass is 10.0. The van der Waals surface area contributed by atoms with Crippen molar-refractivity contribution in [1.82, 2.24) is 57.7 Å². The molecule has 0 aliphatic carbocycles. The van der Waals surface area contributed by atoms with Crippen molar-refractivity contribution in [2.24, 2.45) is 105 Å². The number of nitrogens with zero attached hydrogens (tertiary/aromatic N) is 6. The number of nitrogens with two attached hydrogens (primary N) is 14. The maximum atomic E-state index is 14.8. The minimum atomic E-state index is -1.52. The number of aliphatic imine (C=N–C) groups is 5. The van der Waals surface area contributed by atoms with Crippen LogP contribution in [0.2, 0.25) is 0 Å². The zero-order chi connectivity index (χ0) is 79.7. The SMILES string of the molecule is C[C@H](NC(=O)[C@H](CCCN=C(N)N)NC(=O)[C@@H]1CCCN1C(=O)[C@@H](N)[C@@H](C)O)C(=O)N[C@@H](CCCN=C(N)N)C(=O)N[C@@H](CCCN=C(N)N)C(=O)N[C@@H](CCCN=C(N)N)C(=O)N[C@@H](CCCCN)C(=O)N[C@@H](CCCCN)C(=O)N[C@@H](CCCN=C(N)N)C(=O)N[C@@H](Cc1c[nH]c2ccccc12)C(N)=O. The highest BCUT2D eigenvalue weighted by Gasteiger charge is 2.40. The molecule has 2 aromatic rings. The summed E-state index contributed by atoms with van der Waals surface area (Å²) in [6.45, 7) is 3.15. The monoisotopic (exact) mass is 1510 g/mol. The molecule has 1 saturated heterocycles. The van der Waals surface area contributed by atoms with Gasteiger partial charge in [-0.3, -0.25) is 77.7 Å². The predicted octanol–water partition coefficient (Wildman–Crippen LogP) is -9.20. The second kappa shape index (κ2) is 48.3. The first-order chi connectivity index (χ1) is 50.8. The zero-order valence-corrected chi connectivity index (χ0v) is 61.1. The number of guanidine groups is 5. The van der Waals surface area contributed by atoms with Gasteiger partial charge in [-0.1, -0.05) is 18.2 Å². The molecule has 42 nitrogen and oxygen atoms in total. The Kier molecular flexibility index (Phi) is 40.8. The standard InChI is InChI=1S/C65H116N30O12/c1-35(86-52(99)42(19-9-27-80-61(70)71)93-59(106)48-24-14-32-95(48)60(107)49(68)36(2)96)51(98)87-43(20-10-28-81-62(72)73)55(102)90-45(22-12-30-83-64(76)77)57(104)91-44(21-11-29-82-63(74)75)56(103)89-40(17-5-7-25-66)53(100)88-41(18-6-8-26-67)54(101)92-46(23-13-31-84-65(78)79)58(105)94-47(50(69)97)33-37-34-85-39-16-4-3-15-38(37)39/h3-4,15-16,34-36,40-49,85,96H,5-14,17-33,66-68H2,1-2H3,(H2,69,97)(H,86,99)(H,87,98)(H,88,100)(H,89,103)(H,90,102)(H,91,104)(H,92,101)(H,93,106)(H,94,105)(H4,70,71,80)(H4,72,73,81)(H4,74,75,82)(H4,76,77,83)(H4,78,79,84)/t35-,36+,40-,41-,42-,43-,44-,45-,46-,47-,48-,49-/m0/s1. The van der Waals surface area contributed by atoms with Crippen LogP contribution in [-0.4, -0.2) is 235 Å². The number of aliphatic hydroxyl groups excluding tert-OH is 1. The molecule has 3 rings (SSSR count). The quantitative estimate of drug-likeness (QED) is 0.0166. The first-order valence-electron chi connectivity index (χ1n) is 35.8. The third-order valence-electron chi connectivity index (χ3n) is 17.2. The lowest BCUT2D eigenvalue weighted by Gasteiger charge is -2.29. The van der Waals surface area contributed by atoms with Gasteiger partial charge in [0, 0.05) is 62.8 Å². The molecular weight excluding hydrogens is 1390 g/mol. The van der Waals surface area contributed by atoms with E-state index in [4.69, 9.17) is 80.3 Å². The Balaban J connectivity index is 2.01. The lowest BCUT2D eigenvalue weighted by molar-refractivity contribution is -0.142. The summed E-state index contributed by atoms with van der Waals surface area (Å²) >= 11 is 0. The molecule has 39 N–H and O–H groups in total. The van der Waals surface area contributed by atoms with Crippen LogP contribution < -0.4 is 128 Å². The van der Waals surface area contributed by atoms with Crippen molar-refractivity contribution in [3.05, 3.63) is 36.0 Å². The van der Waals surface area contributed by atoms with E-state index in [1.54, 1.807) is 6.20 Å². The maximum Gasteiger partial charge on any atom is 0.243 e. The largest absolute Gasteiger partial charge is 0.391 e. The molecule has 0 saturated carbocycles. The Morgan fingerprint density at radius 3 is 1.13 bits per heavy atom. The number of primary amides is 1. The summed E-state index contributed by atoms with van der Waals surface area (Å²) in [7, 11) is 0. The fourth-order valence-corrected chi connectivity index (χ4v) is 11.4. The average Bonchev–Trinajstić information content (AvgIpc) is 1.72. The Morgan fingerprint density at radius 2 is 0.785 bits per heavy atom. The molecule has 2 heterocycles. The molecule has 1 aromatic heterocycles. The summed E-state index contributed by atoms with van der Waals surface area (Å²) in [5, 5.41) is 34.9. The summed E-state index contributed by atoms with van der Waals surface area (Å²) in [4.78, 5) is 180. The molecule has 1 fully saturated rings. The van der Waals surface area contributed by atoms with Crippen LogP contribution in [0.3, 0.4) is 0 Å². The number of benzene rings is 1. The number of aliphatic hydroxyl groups is 1. The van der Waals surface area contributed by atoms with Crippen LogP contribution in [0.15, 0.2) is 55.4 Å². The molecule has 0 spiro atoms. The Morgan fingerprint density at radius 1 is 0.458 bits per heavy atom. The van der Waals surface area contributed by atoms with Gasteiger partial charge in [-0.05, 0) is 154 Å². The number of carbonyl (C=O) groups excluding carboxylic acids is 11. The summed E-state index contributed by atoms with van der Waals surface area (Å²) < 4.78 is 0. The highest BCUT2D eigenvalue weighted by Crippen LogP contribution is 2.22. The van der Waals surface area contributed by atoms with E-state index in [2.05, 4.69) is 77.8 Å². The molecular formula is C65H116N30O12. The van der Waals surface area contributed by atoms with E-state index in [-0.39, 0.29) is 178 Å². The van der Waals surface area contributed by atoms with E-state index in [1.165, 1.54) is 18.7 Å². The van der Waals surface area contributed by atoms with Crippen LogP contribution in [0.5, 0.6) is 0 Å². The molecule has 598 valence electrons. The number of hydrogen-bond donors (Lipinski definition) is 25. The molecule has 11 amide bonds. The fraction of sp³-hybridized carbons (Fsp3) is 0.631. The van der Waals surface area contributed by atoms with E-state index >= 15 is 0 Å². The Bertz CT molecular complexity index is 3380. The topological polar surface area (TPSA) is 761 Å². The number of aromatic nitrogens is 1. The molecule has 1 aliphatic heterocycles. The molecule has 0 bridgehead atoms. The van der Waals surface area contributed by atoms with Gasteiger partial charge in [-0.25, -0.2) is 0 Å². The van der Waals surface area contributed by atoms with Gasteiger partial charge in [0.25, 0.3) is 0 Å². The molecule has 0 unspecified atom stereocenters. The van der Waals surface area contributed by atoms with Crippen molar-refractivity contribution in [2.45, 2.75) is 208 Å². The van der Waals surface area contributed by atoms with Crippen LogP contribution in [0.1, 0.15) is 135 Å². The minimum absolute atomic E-state index is 0.0113. The third kappa shape index (κ3) is 33.8. The van der Waals surface area contributed by atoms with E-state index in [9.17, 15) is 57.8 Å². The number of likely N-dealkylation sites (tertiary alicyclic amines) is 1. The zero-order valence-electron chi connectivity index (χ0n) is 61.1. The van der Waals surface area contributed by atoms with Gasteiger partial charge in [-0.2, -0.15) is 0 Å². The van der Waals surface area contributed by atoms with Crippen molar-refractivity contribution in [3.8, 4) is 0 Å². The first-order valence-corrected chi connectivity index (χ1v) is 35.8. The second-order valence-corrected chi connectivity index (χ2v) is 26.0. The van der Waals surface area contributed by atoms with Crippen molar-refractivity contribution in [3.63, 3.8) is 0 Å². The molecule has 0 radical (unpaired) electrons. The summed E-state index contributed by atoms with van der Waals surface area (Å²) in [6.07, 6.45) is 2.19. The molecule has 1 aliphatic rings. The number of carbonyl (C=O) groups is 11. The van der Waals surface area contributed by atoms with Gasteiger partial charge in [0.1, 0.15) is 66.5 Å². The number of unbranched alkanes of at least 4 members (excludes halogenated alkanes) is 2. The average molecular weight is 1510 g/mol. The van der Waals surface area contributed by atoms with Crippen LogP contribution in [-0.2, 0) is 59.2 Å². The van der Waals surface area contributed by atoms with E-state index in [0.717, 1.165) is 10.9 Å². The van der Waals surface area contributed by atoms with Crippen molar-refractivity contribution >= 4 is 106 Å². The van der Waals surface area contributed by atoms with Crippen molar-refractivity contribution in [1.29, 1.82) is 0 Å². The summed E-state index contributed by atoms with van der Waals surface area (Å²) in [5.74, 6) is -10.6. The van der Waals surface area contributed by atoms with Gasteiger partial charge < -0.3 is 143 Å². The summed E-state index contributed by atoms with van der Waals surface area (Å²) in [5.41, 5.74) is 80.8. The van der Waals surface area contributed by atoms with Gasteiger partial charge in [0.15, 0.2) is 29.8 Å². The van der Waals surface area contributed by atoms with Crippen LogP contribution >= 0.6 is 0 Å². The van der Waals surface area contributed by atoms with Crippen molar-refractivity contribution in [2.75, 3.05) is 52.4 Å². The number of hydrogen-bond acceptors (Lipinski definition) is 20. The van der Waals surface area contributed by atoms with E-state index in [1.807, 2.05) is 24.3 Å². The molecule has 12 atom stereocenters. The second-order valence-electron chi connectivity index (χ2n) is 26.0. The number of amides is 11. The molecule has 42 heteroatoms. The third-order valence-corrected chi connectivity index (χ3v) is 17.2. The van der Waals surface area contributed by atoms with Crippen LogP contribution in [0, 0.1) is 0 Å². The van der Waals surface area contributed by atoms with Gasteiger partial charge in [0.2, 0.25) is 65.0 Å². The maximum absolute atomic E-state index is 14.8. The highest BCUT2D eigenvalue weighted by molar-refractivity contribution is 5.99. The molecule has 1 aromatic carbocycles. The lowest BCUT2D eigenvalue weighted by Crippen LogP contribution is -2.60. The molecule has 107 heavy (non-hydrogen) atoms. The Hall–Kier alpha value is -10.9. The number of aromatic amines is 1. The Labute approximate surface area is 621 Å². The van der Waals surface area contributed by atoms with Crippen LogP contribution in [0.25, 0.3) is 10.9 Å². The predicted molar refractivity (Wildman–Crippen MR) is 404 cm³/mol. The number of fused-ring (bicyclic) bond motifs is 1.